The zero-order chi connectivity index (χ0) is 3.58. The molecule has 5 heteroatoms. The summed E-state index contributed by atoms with van der Waals surface area (Å²) in [6.07, 6.45) is 0. The maximum Gasteiger partial charge on any atom is 0.314 e. The minimum absolute atomic E-state index is 0. The summed E-state index contributed by atoms with van der Waals surface area (Å²) in [5.74, 6) is 0. The summed E-state index contributed by atoms with van der Waals surface area (Å²) in [5.41, 5.74) is 0. The van der Waals surface area contributed by atoms with Crippen molar-refractivity contribution in [1.82, 2.24) is 0 Å². The second-order valence-electron chi connectivity index (χ2n) is 0.283. The second kappa shape index (κ2) is 4.63. The summed E-state index contributed by atoms with van der Waals surface area (Å²) >= 11 is 0. The summed E-state index contributed by atoms with van der Waals surface area (Å²) in [6.45, 7) is 0. The fraction of sp³-hybridized carbons (Fsp3) is 0. The van der Waals surface area contributed by atoms with Gasteiger partial charge in [-0.15, -0.1) is 17.0 Å². The van der Waals surface area contributed by atoms with E-state index in [1.165, 1.54) is 0 Å². The molecule has 0 saturated carbocycles. The standard InChI is InChI=1S/BrH.H3O3P/c;1-4(2)3/h1H;4H,(H2,1,2,3). The summed E-state index contributed by atoms with van der Waals surface area (Å²) in [5, 5.41) is 0. The molecule has 0 spiro atoms. The maximum absolute atomic E-state index is 8.74. The van der Waals surface area contributed by atoms with Crippen LogP contribution in [0.1, 0.15) is 0 Å². The fourth-order valence-electron chi connectivity index (χ4n) is 0. The van der Waals surface area contributed by atoms with E-state index >= 15 is 0 Å². The van der Waals surface area contributed by atoms with Crippen molar-refractivity contribution in [2.75, 3.05) is 0 Å². The Bertz CT molecular complexity index is 29.9. The van der Waals surface area contributed by atoms with Crippen LogP contribution in [0, 0.1) is 0 Å². The van der Waals surface area contributed by atoms with Gasteiger partial charge in [-0.3, -0.25) is 4.57 Å². The van der Waals surface area contributed by atoms with E-state index in [-0.39, 0.29) is 17.0 Å². The molecule has 34 valence electrons. The van der Waals surface area contributed by atoms with Crippen LogP contribution in [0.5, 0.6) is 0 Å². The van der Waals surface area contributed by atoms with Crippen molar-refractivity contribution in [3.05, 3.63) is 0 Å². The number of hydrogen-bond acceptors (Lipinski definition) is 1. The van der Waals surface area contributed by atoms with E-state index in [0.29, 0.717) is 0 Å². The summed E-state index contributed by atoms with van der Waals surface area (Å²) < 4.78 is 8.74. The molecule has 0 aromatic rings. The van der Waals surface area contributed by atoms with Crippen molar-refractivity contribution in [3.63, 3.8) is 0 Å². The van der Waals surface area contributed by atoms with E-state index in [2.05, 4.69) is 0 Å². The monoisotopic (exact) mass is 162 g/mol. The van der Waals surface area contributed by atoms with Crippen molar-refractivity contribution in [3.8, 4) is 0 Å². The van der Waals surface area contributed by atoms with Crippen LogP contribution in [-0.2, 0) is 4.57 Å². The minimum atomic E-state index is -3.13. The van der Waals surface area contributed by atoms with Crippen LogP contribution in [0.3, 0.4) is 0 Å². The molecule has 0 aliphatic carbocycles. The van der Waals surface area contributed by atoms with Gasteiger partial charge in [0, 0.05) is 0 Å². The third-order valence-electron chi connectivity index (χ3n) is 0. The van der Waals surface area contributed by atoms with Gasteiger partial charge in [-0.25, -0.2) is 0 Å². The first-order chi connectivity index (χ1) is 1.73. The second-order valence-corrected chi connectivity index (χ2v) is 0.848. The Balaban J connectivity index is 0. The normalized spacial score (nSPS) is 7.00. The van der Waals surface area contributed by atoms with Crippen molar-refractivity contribution < 1.29 is 14.4 Å². The lowest BCUT2D eigenvalue weighted by Gasteiger charge is -1.61. The smallest absolute Gasteiger partial charge is 0.314 e. The Morgan fingerprint density at radius 3 is 1.40 bits per heavy atom. The Morgan fingerprint density at radius 1 is 1.40 bits per heavy atom. The van der Waals surface area contributed by atoms with Crippen LogP contribution < -0.4 is 0 Å². The average Bonchev–Trinajstić information content (AvgIpc) is 0.811. The molecule has 0 rings (SSSR count). The molecule has 3 nitrogen and oxygen atoms in total. The van der Waals surface area contributed by atoms with E-state index in [1.54, 1.807) is 0 Å². The van der Waals surface area contributed by atoms with Gasteiger partial charge in [0.25, 0.3) is 0 Å². The predicted molar refractivity (Wildman–Crippen MR) is 23.8 cm³/mol. The van der Waals surface area contributed by atoms with Crippen LogP contribution in [0.15, 0.2) is 0 Å². The van der Waals surface area contributed by atoms with Gasteiger partial charge in [-0.2, -0.15) is 0 Å². The fourth-order valence-corrected chi connectivity index (χ4v) is 0. The van der Waals surface area contributed by atoms with E-state index < -0.39 is 8.25 Å². The molecule has 5 heavy (non-hydrogen) atoms. The zero-order valence-electron chi connectivity index (χ0n) is 2.21. The van der Waals surface area contributed by atoms with Gasteiger partial charge in [0.05, 0.1) is 0 Å². The van der Waals surface area contributed by atoms with Gasteiger partial charge >= 0.3 is 8.25 Å². The molecule has 0 aliphatic rings. The molecule has 0 atom stereocenters. The predicted octanol–water partition coefficient (Wildman–Crippen LogP) is -0.0614. The van der Waals surface area contributed by atoms with Gasteiger partial charge in [-0.1, -0.05) is 0 Å². The highest BCUT2D eigenvalue weighted by Crippen LogP contribution is 1.98. The lowest BCUT2D eigenvalue weighted by molar-refractivity contribution is 0.405. The lowest BCUT2D eigenvalue weighted by atomic mass is 15.8. The number of rotatable bonds is 0. The average molecular weight is 163 g/mol. The number of halogens is 1. The van der Waals surface area contributed by atoms with Crippen LogP contribution in [0.4, 0.5) is 0 Å². The molecule has 0 bridgehead atoms. The molecule has 0 aromatic heterocycles. The first kappa shape index (κ1) is 9.16. The third-order valence-corrected chi connectivity index (χ3v) is 0. The molecule has 0 unspecified atom stereocenters. The van der Waals surface area contributed by atoms with Gasteiger partial charge < -0.3 is 9.79 Å². The van der Waals surface area contributed by atoms with E-state index in [9.17, 15) is 0 Å². The molecule has 0 aromatic carbocycles. The Hall–Kier alpha value is 0.630. The van der Waals surface area contributed by atoms with E-state index in [0.717, 1.165) is 0 Å². The molecule has 0 radical (unpaired) electrons. The highest BCUT2D eigenvalue weighted by molar-refractivity contribution is 8.93. The highest BCUT2D eigenvalue weighted by Gasteiger charge is 1.61. The quantitative estimate of drug-likeness (QED) is 0.491. The SMILES string of the molecule is Br.O=[PH](O)O. The first-order valence-electron chi connectivity index (χ1n) is 0.651. The first-order valence-corrected chi connectivity index (χ1v) is 1.95. The largest absolute Gasteiger partial charge is 0.326 e. The third kappa shape index (κ3) is 80.7. The Morgan fingerprint density at radius 2 is 1.40 bits per heavy atom. The minimum Gasteiger partial charge on any atom is -0.326 e. The summed E-state index contributed by atoms with van der Waals surface area (Å²) in [7, 11) is -3.13. The highest BCUT2D eigenvalue weighted by atomic mass is 79.9. The van der Waals surface area contributed by atoms with E-state index in [4.69, 9.17) is 14.4 Å². The van der Waals surface area contributed by atoms with Crippen LogP contribution in [0.25, 0.3) is 0 Å². The molecular weight excluding hydrogens is 159 g/mol. The molecule has 0 fully saturated rings. The van der Waals surface area contributed by atoms with Crippen LogP contribution in [-0.4, -0.2) is 9.79 Å². The number of hydrogen-bond donors (Lipinski definition) is 2. The van der Waals surface area contributed by atoms with Crippen molar-refractivity contribution >= 4 is 25.2 Å². The van der Waals surface area contributed by atoms with Crippen molar-refractivity contribution in [2.24, 2.45) is 0 Å². The molecule has 0 heterocycles. The van der Waals surface area contributed by atoms with Gasteiger partial charge in [0.1, 0.15) is 0 Å². The molecule has 0 aliphatic heterocycles. The molecule has 2 N–H and O–H groups in total. The van der Waals surface area contributed by atoms with Gasteiger partial charge in [0.15, 0.2) is 0 Å². The zero-order valence-corrected chi connectivity index (χ0v) is 4.92. The van der Waals surface area contributed by atoms with Gasteiger partial charge in [-0.05, 0) is 0 Å². The molecular formula is H4BrO3P. The molecule has 0 amide bonds. The topological polar surface area (TPSA) is 57.5 Å². The van der Waals surface area contributed by atoms with E-state index in [1.807, 2.05) is 0 Å². The Kier molecular flexibility index (Phi) is 8.48. The van der Waals surface area contributed by atoms with Crippen molar-refractivity contribution in [1.29, 1.82) is 0 Å². The van der Waals surface area contributed by atoms with Crippen molar-refractivity contribution in [2.45, 2.75) is 0 Å². The summed E-state index contributed by atoms with van der Waals surface area (Å²) in [4.78, 5) is 14.3. The van der Waals surface area contributed by atoms with Crippen LogP contribution >= 0.6 is 25.2 Å². The summed E-state index contributed by atoms with van der Waals surface area (Å²) in [6, 6.07) is 0. The van der Waals surface area contributed by atoms with Gasteiger partial charge in [0.2, 0.25) is 0 Å². The van der Waals surface area contributed by atoms with Crippen LogP contribution in [0.2, 0.25) is 0 Å². The maximum atomic E-state index is 8.74. The lowest BCUT2D eigenvalue weighted by Crippen LogP contribution is -1.38. The molecule has 0 saturated heterocycles. The Labute approximate surface area is 40.4 Å².